The van der Waals surface area contributed by atoms with Crippen molar-refractivity contribution in [3.8, 4) is 0 Å². The number of halogens is 2. The fourth-order valence-corrected chi connectivity index (χ4v) is 5.19. The van der Waals surface area contributed by atoms with E-state index in [9.17, 15) is 8.42 Å². The van der Waals surface area contributed by atoms with Gasteiger partial charge in [0.05, 0.1) is 11.5 Å². The van der Waals surface area contributed by atoms with Crippen molar-refractivity contribution in [3.63, 3.8) is 0 Å². The van der Waals surface area contributed by atoms with Crippen LogP contribution in [-0.2, 0) is 15.6 Å². The van der Waals surface area contributed by atoms with Gasteiger partial charge in [-0.05, 0) is 36.6 Å². The van der Waals surface area contributed by atoms with Crippen molar-refractivity contribution in [2.24, 2.45) is 4.99 Å². The van der Waals surface area contributed by atoms with Gasteiger partial charge in [0.25, 0.3) is 0 Å². The molecule has 2 aromatic carbocycles. The Morgan fingerprint density at radius 3 is 2.68 bits per heavy atom. The van der Waals surface area contributed by atoms with Crippen LogP contribution in [0.2, 0.25) is 5.02 Å². The maximum Gasteiger partial charge on any atom is 0.191 e. The first-order chi connectivity index (χ1) is 14.4. The van der Waals surface area contributed by atoms with Gasteiger partial charge in [-0.2, -0.15) is 0 Å². The number of nitrogens with zero attached hydrogens (tertiary/aromatic N) is 2. The highest BCUT2D eigenvalue weighted by molar-refractivity contribution is 14.0. The Labute approximate surface area is 207 Å². The highest BCUT2D eigenvalue weighted by Gasteiger charge is 2.23. The fraction of sp³-hybridized carbons (Fsp3) is 0.409. The molecule has 1 atom stereocenters. The lowest BCUT2D eigenvalue weighted by Crippen LogP contribution is -2.45. The van der Waals surface area contributed by atoms with E-state index < -0.39 is 9.84 Å². The monoisotopic (exact) mass is 576 g/mol. The molecule has 9 heteroatoms. The molecule has 0 aromatic heterocycles. The van der Waals surface area contributed by atoms with Gasteiger partial charge in [0, 0.05) is 43.4 Å². The molecule has 1 heterocycles. The van der Waals surface area contributed by atoms with Crippen molar-refractivity contribution < 1.29 is 8.42 Å². The summed E-state index contributed by atoms with van der Waals surface area (Å²) in [5.74, 6) is 0.938. The summed E-state index contributed by atoms with van der Waals surface area (Å²) in [6.07, 6.45) is 1.54. The van der Waals surface area contributed by atoms with Crippen molar-refractivity contribution in [1.29, 1.82) is 0 Å². The lowest BCUT2D eigenvalue weighted by atomic mass is 10.2. The highest BCUT2D eigenvalue weighted by Crippen LogP contribution is 2.23. The van der Waals surface area contributed by atoms with Crippen molar-refractivity contribution in [2.45, 2.75) is 24.6 Å². The Kier molecular flexibility index (Phi) is 10.4. The first-order valence-corrected chi connectivity index (χ1v) is 12.4. The quantitative estimate of drug-likeness (QED) is 0.217. The van der Waals surface area contributed by atoms with Crippen LogP contribution in [0.3, 0.4) is 0 Å². The molecule has 0 bridgehead atoms. The molecular weight excluding hydrogens is 547 g/mol. The van der Waals surface area contributed by atoms with Crippen LogP contribution in [0.4, 0.5) is 5.69 Å². The van der Waals surface area contributed by atoms with E-state index in [1.165, 1.54) is 0 Å². The number of hydrogen-bond donors (Lipinski definition) is 2. The number of hydrogen-bond acceptors (Lipinski definition) is 4. The normalized spacial score (nSPS) is 16.6. The summed E-state index contributed by atoms with van der Waals surface area (Å²) in [6, 6.07) is 17.5. The van der Waals surface area contributed by atoms with Crippen molar-refractivity contribution in [3.05, 3.63) is 65.2 Å². The molecule has 1 unspecified atom stereocenters. The summed E-state index contributed by atoms with van der Waals surface area (Å²) in [5.41, 5.74) is 1.95. The van der Waals surface area contributed by atoms with E-state index in [1.54, 1.807) is 7.05 Å². The molecule has 0 aliphatic carbocycles. The van der Waals surface area contributed by atoms with E-state index in [0.717, 1.165) is 35.8 Å². The maximum absolute atomic E-state index is 12.3. The van der Waals surface area contributed by atoms with Crippen LogP contribution >= 0.6 is 35.6 Å². The van der Waals surface area contributed by atoms with Gasteiger partial charge >= 0.3 is 0 Å². The summed E-state index contributed by atoms with van der Waals surface area (Å²) >= 11 is 6.10. The summed E-state index contributed by atoms with van der Waals surface area (Å²) < 4.78 is 24.6. The molecule has 0 amide bonds. The molecule has 170 valence electrons. The fourth-order valence-electron chi connectivity index (χ4n) is 3.57. The minimum atomic E-state index is -3.12. The number of guanidine groups is 1. The number of sulfone groups is 1. The van der Waals surface area contributed by atoms with E-state index in [2.05, 4.69) is 26.6 Å². The summed E-state index contributed by atoms with van der Waals surface area (Å²) in [7, 11) is -1.39. The van der Waals surface area contributed by atoms with Gasteiger partial charge in [0.1, 0.15) is 0 Å². The van der Waals surface area contributed by atoms with Gasteiger partial charge in [-0.3, -0.25) is 4.99 Å². The zero-order chi connectivity index (χ0) is 21.4. The number of aliphatic imine (C=N–C) groups is 1. The summed E-state index contributed by atoms with van der Waals surface area (Å²) in [6.45, 7) is 2.37. The van der Waals surface area contributed by atoms with Crippen LogP contribution in [0.15, 0.2) is 59.6 Å². The Morgan fingerprint density at radius 2 is 1.97 bits per heavy atom. The van der Waals surface area contributed by atoms with Crippen LogP contribution in [0.25, 0.3) is 0 Å². The van der Waals surface area contributed by atoms with Crippen molar-refractivity contribution >= 4 is 57.1 Å². The lowest BCUT2D eigenvalue weighted by molar-refractivity contribution is 0.591. The topological polar surface area (TPSA) is 73.8 Å². The number of nitrogens with one attached hydrogen (secondary N) is 2. The van der Waals surface area contributed by atoms with Crippen LogP contribution in [-0.4, -0.2) is 52.9 Å². The van der Waals surface area contributed by atoms with E-state index in [0.29, 0.717) is 18.9 Å². The van der Waals surface area contributed by atoms with Gasteiger partial charge in [-0.15, -0.1) is 24.0 Å². The predicted molar refractivity (Wildman–Crippen MR) is 141 cm³/mol. The second-order valence-corrected chi connectivity index (χ2v) is 10.1. The molecule has 6 nitrogen and oxygen atoms in total. The van der Waals surface area contributed by atoms with Gasteiger partial charge in [-0.1, -0.05) is 48.0 Å². The van der Waals surface area contributed by atoms with E-state index in [4.69, 9.17) is 11.6 Å². The molecule has 2 aromatic rings. The zero-order valence-electron chi connectivity index (χ0n) is 17.6. The average molecular weight is 577 g/mol. The van der Waals surface area contributed by atoms with Crippen molar-refractivity contribution in [2.75, 3.05) is 37.3 Å². The molecule has 0 saturated carbocycles. The largest absolute Gasteiger partial charge is 0.369 e. The smallest absolute Gasteiger partial charge is 0.191 e. The van der Waals surface area contributed by atoms with Crippen molar-refractivity contribution in [1.82, 2.24) is 10.6 Å². The highest BCUT2D eigenvalue weighted by atomic mass is 127. The van der Waals surface area contributed by atoms with E-state index in [1.807, 2.05) is 48.5 Å². The Hall–Kier alpha value is -1.52. The Bertz CT molecular complexity index is 957. The molecule has 0 spiro atoms. The minimum Gasteiger partial charge on any atom is -0.369 e. The molecular formula is C22H30ClIN4O2S. The maximum atomic E-state index is 12.3. The van der Waals surface area contributed by atoms with Gasteiger partial charge in [0.2, 0.25) is 0 Å². The minimum absolute atomic E-state index is 0. The van der Waals surface area contributed by atoms with Gasteiger partial charge in [-0.25, -0.2) is 8.42 Å². The molecule has 1 saturated heterocycles. The number of rotatable bonds is 8. The molecule has 1 fully saturated rings. The third-order valence-electron chi connectivity index (χ3n) is 5.08. The third-order valence-corrected chi connectivity index (χ3v) is 7.00. The molecule has 3 rings (SSSR count). The van der Waals surface area contributed by atoms with E-state index in [-0.39, 0.29) is 41.5 Å². The molecule has 0 radical (unpaired) electrons. The Morgan fingerprint density at radius 1 is 1.19 bits per heavy atom. The Balaban J connectivity index is 0.00000341. The summed E-state index contributed by atoms with van der Waals surface area (Å²) in [5, 5.41) is 7.40. The SMILES string of the molecule is CN=C(NCCCS(=O)(=O)Cc1ccccc1)NC1CCN(c2cccc(Cl)c2)C1.I. The molecule has 1 aliphatic rings. The van der Waals surface area contributed by atoms with Crippen LogP contribution in [0, 0.1) is 0 Å². The molecule has 1 aliphatic heterocycles. The first-order valence-electron chi connectivity index (χ1n) is 10.2. The second-order valence-electron chi connectivity index (χ2n) is 7.49. The van der Waals surface area contributed by atoms with Crippen LogP contribution in [0.1, 0.15) is 18.4 Å². The second kappa shape index (κ2) is 12.5. The van der Waals surface area contributed by atoms with Crippen LogP contribution in [0.5, 0.6) is 0 Å². The lowest BCUT2D eigenvalue weighted by Gasteiger charge is -2.20. The third kappa shape index (κ3) is 8.50. The van der Waals surface area contributed by atoms with Crippen LogP contribution < -0.4 is 15.5 Å². The average Bonchev–Trinajstić information content (AvgIpc) is 3.19. The summed E-state index contributed by atoms with van der Waals surface area (Å²) in [4.78, 5) is 6.57. The van der Waals surface area contributed by atoms with Gasteiger partial charge < -0.3 is 15.5 Å². The van der Waals surface area contributed by atoms with Gasteiger partial charge in [0.15, 0.2) is 15.8 Å². The molecule has 31 heavy (non-hydrogen) atoms. The predicted octanol–water partition coefficient (Wildman–Crippen LogP) is 3.71. The zero-order valence-corrected chi connectivity index (χ0v) is 21.5. The standard InChI is InChI=1S/C22H29ClN4O2S.HI/c1-24-22(25-12-6-14-30(28,29)17-18-7-3-2-4-8-18)26-20-11-13-27(16-20)21-10-5-9-19(23)15-21;/h2-5,7-10,15,20H,6,11-14,16-17H2,1H3,(H2,24,25,26);1H. The first kappa shape index (κ1) is 25.7. The number of benzene rings is 2. The van der Waals surface area contributed by atoms with E-state index >= 15 is 0 Å². The number of anilines is 1. The molecule has 2 N–H and O–H groups in total.